The standard InChI is InChI=1S/C35H53N7O9/c1-35(11-9-28(10-12-35)25-51-38-34(50)29(36)8-7-27-5-3-2-4-6-27)26-37-30(43)21-39-13-15-40(22-31(44)45)17-19-42(24-33(48)49)20-18-41(16-14-39)23-32(46)47/h2-6,9-11,29H,7-8,12-26,36H2,1H3,(H,37,43)(H,38,50)(H,44,45)(H,46,47)(H,48,49)/t29-,35?/m1/s1. The summed E-state index contributed by atoms with van der Waals surface area (Å²) in [6, 6.07) is 9.10. The van der Waals surface area contributed by atoms with E-state index in [1.165, 1.54) is 0 Å². The molecular weight excluding hydrogens is 662 g/mol. The maximum atomic E-state index is 13.1. The van der Waals surface area contributed by atoms with Crippen LogP contribution in [0.5, 0.6) is 0 Å². The van der Waals surface area contributed by atoms with Gasteiger partial charge in [0.25, 0.3) is 5.91 Å². The molecule has 282 valence electrons. The SMILES string of the molecule is CC1(CNC(=O)CN2CCN(CC(=O)O)CCN(CC(=O)O)CCN(CC(=O)O)CC2)C=CC(CONC(=O)[C@H](N)CCc2ccccc2)=CC1. The molecule has 1 fully saturated rings. The van der Waals surface area contributed by atoms with E-state index in [0.717, 1.165) is 11.1 Å². The van der Waals surface area contributed by atoms with Crippen molar-refractivity contribution in [1.29, 1.82) is 0 Å². The van der Waals surface area contributed by atoms with Crippen molar-refractivity contribution in [3.8, 4) is 0 Å². The fourth-order valence-corrected chi connectivity index (χ4v) is 5.76. The van der Waals surface area contributed by atoms with Gasteiger partial charge in [-0.05, 0) is 30.4 Å². The third-order valence-electron chi connectivity index (χ3n) is 8.93. The number of amides is 2. The monoisotopic (exact) mass is 715 g/mol. The van der Waals surface area contributed by atoms with Crippen molar-refractivity contribution in [3.63, 3.8) is 0 Å². The average molecular weight is 716 g/mol. The van der Waals surface area contributed by atoms with Crippen molar-refractivity contribution >= 4 is 29.7 Å². The van der Waals surface area contributed by atoms with Crippen molar-refractivity contribution in [2.24, 2.45) is 11.1 Å². The van der Waals surface area contributed by atoms with Crippen LogP contribution in [0.15, 0.2) is 54.1 Å². The van der Waals surface area contributed by atoms with Crippen LogP contribution in [0, 0.1) is 5.41 Å². The third-order valence-corrected chi connectivity index (χ3v) is 8.93. The highest BCUT2D eigenvalue weighted by atomic mass is 16.7. The molecule has 1 heterocycles. The number of rotatable bonds is 17. The summed E-state index contributed by atoms with van der Waals surface area (Å²) in [5.74, 6) is -3.64. The van der Waals surface area contributed by atoms with E-state index in [-0.39, 0.29) is 50.0 Å². The highest BCUT2D eigenvalue weighted by Gasteiger charge is 2.25. The fourth-order valence-electron chi connectivity index (χ4n) is 5.76. The highest BCUT2D eigenvalue weighted by Crippen LogP contribution is 2.28. The van der Waals surface area contributed by atoms with Gasteiger partial charge in [-0.3, -0.25) is 48.4 Å². The Labute approximate surface area is 298 Å². The van der Waals surface area contributed by atoms with Gasteiger partial charge in [-0.25, -0.2) is 5.48 Å². The Balaban J connectivity index is 1.47. The van der Waals surface area contributed by atoms with Crippen LogP contribution in [0.2, 0.25) is 0 Å². The number of allylic oxidation sites excluding steroid dienone is 1. The van der Waals surface area contributed by atoms with E-state index >= 15 is 0 Å². The minimum atomic E-state index is -1.02. The first-order chi connectivity index (χ1) is 24.3. The zero-order chi connectivity index (χ0) is 37.2. The summed E-state index contributed by atoms with van der Waals surface area (Å²) in [6.07, 6.45) is 7.70. The molecule has 1 saturated heterocycles. The maximum absolute atomic E-state index is 13.1. The second kappa shape index (κ2) is 21.2. The molecule has 0 saturated carbocycles. The number of benzene rings is 1. The molecule has 2 atom stereocenters. The summed E-state index contributed by atoms with van der Waals surface area (Å²) in [7, 11) is 0. The molecule has 3 rings (SSSR count). The van der Waals surface area contributed by atoms with Gasteiger partial charge in [0.15, 0.2) is 0 Å². The van der Waals surface area contributed by atoms with Gasteiger partial charge in [-0.1, -0.05) is 55.5 Å². The number of carbonyl (C=O) groups is 5. The first-order valence-electron chi connectivity index (χ1n) is 17.2. The number of nitrogens with zero attached hydrogens (tertiary/aromatic N) is 4. The van der Waals surface area contributed by atoms with E-state index in [9.17, 15) is 39.3 Å². The van der Waals surface area contributed by atoms with Crippen LogP contribution in [0.1, 0.15) is 25.3 Å². The smallest absolute Gasteiger partial charge is 0.317 e. The number of carbonyl (C=O) groups excluding carboxylic acids is 2. The van der Waals surface area contributed by atoms with Crippen LogP contribution in [-0.4, -0.2) is 162 Å². The topological polar surface area (TPSA) is 218 Å². The molecule has 51 heavy (non-hydrogen) atoms. The molecule has 0 spiro atoms. The zero-order valence-electron chi connectivity index (χ0n) is 29.4. The summed E-state index contributed by atoms with van der Waals surface area (Å²) in [5.41, 5.74) is 10.1. The molecule has 0 aromatic heterocycles. The van der Waals surface area contributed by atoms with Crippen LogP contribution in [0.4, 0.5) is 0 Å². The van der Waals surface area contributed by atoms with Gasteiger partial charge in [0.2, 0.25) is 5.91 Å². The number of hydrogen-bond donors (Lipinski definition) is 6. The molecule has 1 aliphatic heterocycles. The number of carboxylic acids is 3. The Morgan fingerprint density at radius 3 is 1.75 bits per heavy atom. The van der Waals surface area contributed by atoms with Gasteiger partial charge in [-0.15, -0.1) is 0 Å². The van der Waals surface area contributed by atoms with Crippen molar-refractivity contribution < 1.29 is 44.1 Å². The lowest BCUT2D eigenvalue weighted by atomic mass is 9.82. The lowest BCUT2D eigenvalue weighted by molar-refractivity contribution is -0.140. The summed E-state index contributed by atoms with van der Waals surface area (Å²) >= 11 is 0. The van der Waals surface area contributed by atoms with Crippen LogP contribution in [0.25, 0.3) is 0 Å². The lowest BCUT2D eigenvalue weighted by Crippen LogP contribution is -2.50. The van der Waals surface area contributed by atoms with Gasteiger partial charge in [0.05, 0.1) is 38.8 Å². The van der Waals surface area contributed by atoms with Crippen LogP contribution in [-0.2, 0) is 35.2 Å². The van der Waals surface area contributed by atoms with Crippen molar-refractivity contribution in [3.05, 3.63) is 59.7 Å². The van der Waals surface area contributed by atoms with Gasteiger partial charge >= 0.3 is 17.9 Å². The number of carboxylic acid groups (broad SMARTS) is 3. The largest absolute Gasteiger partial charge is 0.480 e. The number of nitrogens with two attached hydrogens (primary N) is 1. The predicted octanol–water partition coefficient (Wildman–Crippen LogP) is -0.521. The molecule has 1 unspecified atom stereocenters. The highest BCUT2D eigenvalue weighted by molar-refractivity contribution is 5.80. The fraction of sp³-hybridized carbons (Fsp3) is 0.571. The lowest BCUT2D eigenvalue weighted by Gasteiger charge is -2.33. The summed E-state index contributed by atoms with van der Waals surface area (Å²) in [6.45, 7) is 4.47. The van der Waals surface area contributed by atoms with E-state index < -0.39 is 23.9 Å². The van der Waals surface area contributed by atoms with E-state index in [0.29, 0.717) is 78.2 Å². The second-order valence-electron chi connectivity index (χ2n) is 13.4. The van der Waals surface area contributed by atoms with E-state index in [1.807, 2.05) is 60.4 Å². The number of aliphatic carboxylic acids is 3. The predicted molar refractivity (Wildman–Crippen MR) is 188 cm³/mol. The van der Waals surface area contributed by atoms with Crippen LogP contribution >= 0.6 is 0 Å². The van der Waals surface area contributed by atoms with Gasteiger partial charge in [0, 0.05) is 64.3 Å². The number of hydroxylamine groups is 1. The number of aryl methyl sites for hydroxylation is 1. The molecule has 16 nitrogen and oxygen atoms in total. The number of nitrogens with one attached hydrogen (secondary N) is 2. The normalized spacial score (nSPS) is 20.7. The average Bonchev–Trinajstić information content (AvgIpc) is 3.08. The minimum Gasteiger partial charge on any atom is -0.480 e. The Bertz CT molecular complexity index is 1340. The second-order valence-corrected chi connectivity index (χ2v) is 13.4. The molecule has 2 amide bonds. The van der Waals surface area contributed by atoms with Gasteiger partial charge in [-0.2, -0.15) is 0 Å². The first-order valence-corrected chi connectivity index (χ1v) is 17.2. The minimum absolute atomic E-state index is 0.0366. The van der Waals surface area contributed by atoms with Crippen molar-refractivity contribution in [2.75, 3.05) is 91.7 Å². The third kappa shape index (κ3) is 16.6. The molecular formula is C35H53N7O9. The molecule has 0 radical (unpaired) electrons. The molecule has 7 N–H and O–H groups in total. The quantitative estimate of drug-likeness (QED) is 0.112. The molecule has 16 heteroatoms. The Kier molecular flexibility index (Phi) is 17.2. The number of hydrogen-bond acceptors (Lipinski definition) is 11. The van der Waals surface area contributed by atoms with E-state index in [4.69, 9.17) is 10.6 Å². The Hall–Kier alpha value is -4.19. The molecule has 0 bridgehead atoms. The Morgan fingerprint density at radius 1 is 0.804 bits per heavy atom. The molecule has 2 aliphatic rings. The Morgan fingerprint density at radius 2 is 1.29 bits per heavy atom. The summed E-state index contributed by atoms with van der Waals surface area (Å²) in [4.78, 5) is 72.3. The molecule has 1 aromatic rings. The van der Waals surface area contributed by atoms with E-state index in [2.05, 4.69) is 10.8 Å². The van der Waals surface area contributed by atoms with E-state index in [1.54, 1.807) is 14.7 Å². The molecule has 1 aliphatic carbocycles. The molecule has 1 aromatic carbocycles. The van der Waals surface area contributed by atoms with Crippen LogP contribution < -0.4 is 16.5 Å². The van der Waals surface area contributed by atoms with Crippen LogP contribution in [0.3, 0.4) is 0 Å². The summed E-state index contributed by atoms with van der Waals surface area (Å²) < 4.78 is 0. The zero-order valence-corrected chi connectivity index (χ0v) is 29.4. The van der Waals surface area contributed by atoms with Crippen molar-refractivity contribution in [1.82, 2.24) is 30.4 Å². The summed E-state index contributed by atoms with van der Waals surface area (Å²) in [5, 5.41) is 31.2. The van der Waals surface area contributed by atoms with Gasteiger partial charge in [0.1, 0.15) is 0 Å². The van der Waals surface area contributed by atoms with Crippen molar-refractivity contribution in [2.45, 2.75) is 32.2 Å². The first kappa shape index (κ1) is 41.2. The maximum Gasteiger partial charge on any atom is 0.317 e. The van der Waals surface area contributed by atoms with Gasteiger partial charge < -0.3 is 26.4 Å².